The van der Waals surface area contributed by atoms with Crippen molar-refractivity contribution in [3.63, 3.8) is 0 Å². The molecule has 132 valence electrons. The van der Waals surface area contributed by atoms with Crippen LogP contribution in [0.15, 0.2) is 35.0 Å². The Balaban J connectivity index is 1.97. The Morgan fingerprint density at radius 1 is 1.24 bits per heavy atom. The lowest BCUT2D eigenvalue weighted by Gasteiger charge is -2.37. The standard InChI is InChI=1S/C18H21N3O4/c1-10-15(23)14-17(21(3)18(10)24)19-16(20(14)2)12(22)9-11-7-5-6-8-13(11)25-4/h5-10,14,17,22H,1-4H3/b12-9-. The molecule has 2 aliphatic heterocycles. The number of ketones is 1. The summed E-state index contributed by atoms with van der Waals surface area (Å²) in [6.45, 7) is 1.60. The van der Waals surface area contributed by atoms with Crippen molar-refractivity contribution in [1.29, 1.82) is 0 Å². The first-order valence-electron chi connectivity index (χ1n) is 8.02. The minimum atomic E-state index is -0.705. The molecule has 1 aromatic rings. The Morgan fingerprint density at radius 3 is 2.60 bits per heavy atom. The number of nitrogens with zero attached hydrogens (tertiary/aromatic N) is 3. The van der Waals surface area contributed by atoms with Crippen LogP contribution in [0.5, 0.6) is 5.75 Å². The summed E-state index contributed by atoms with van der Waals surface area (Å²) in [4.78, 5) is 32.2. The van der Waals surface area contributed by atoms with Crippen LogP contribution in [0, 0.1) is 5.92 Å². The minimum absolute atomic E-state index is 0.0808. The summed E-state index contributed by atoms with van der Waals surface area (Å²) in [5.74, 6) is -0.323. The van der Waals surface area contributed by atoms with Crippen molar-refractivity contribution in [1.82, 2.24) is 9.80 Å². The lowest BCUT2D eigenvalue weighted by Crippen LogP contribution is -2.59. The van der Waals surface area contributed by atoms with Gasteiger partial charge in [0.25, 0.3) is 0 Å². The molecule has 3 atom stereocenters. The number of hydrogen-bond acceptors (Lipinski definition) is 6. The number of carbonyl (C=O) groups excluding carboxylic acids is 2. The summed E-state index contributed by atoms with van der Waals surface area (Å²) in [6.07, 6.45) is 0.922. The Morgan fingerprint density at radius 2 is 1.92 bits per heavy atom. The lowest BCUT2D eigenvalue weighted by atomic mass is 9.91. The van der Waals surface area contributed by atoms with E-state index in [0.29, 0.717) is 11.3 Å². The molecular weight excluding hydrogens is 322 g/mol. The maximum atomic E-state index is 12.5. The molecule has 0 saturated carbocycles. The summed E-state index contributed by atoms with van der Waals surface area (Å²) < 4.78 is 5.28. The summed E-state index contributed by atoms with van der Waals surface area (Å²) in [7, 11) is 4.88. The summed E-state index contributed by atoms with van der Waals surface area (Å²) in [6, 6.07) is 6.68. The van der Waals surface area contributed by atoms with Crippen LogP contribution in [0.1, 0.15) is 12.5 Å². The van der Waals surface area contributed by atoms with Crippen LogP contribution in [0.3, 0.4) is 0 Å². The van der Waals surface area contributed by atoms with Gasteiger partial charge in [-0.1, -0.05) is 18.2 Å². The van der Waals surface area contributed by atoms with Crippen molar-refractivity contribution >= 4 is 23.6 Å². The van der Waals surface area contributed by atoms with Crippen LogP contribution in [0.2, 0.25) is 0 Å². The highest BCUT2D eigenvalue weighted by molar-refractivity contribution is 6.11. The highest BCUT2D eigenvalue weighted by Crippen LogP contribution is 2.30. The van der Waals surface area contributed by atoms with Gasteiger partial charge in [0, 0.05) is 19.7 Å². The van der Waals surface area contributed by atoms with Crippen LogP contribution in [0.25, 0.3) is 6.08 Å². The van der Waals surface area contributed by atoms with Gasteiger partial charge in [-0.15, -0.1) is 0 Å². The topological polar surface area (TPSA) is 82.4 Å². The molecule has 0 bridgehead atoms. The van der Waals surface area contributed by atoms with Gasteiger partial charge in [-0.3, -0.25) is 9.59 Å². The molecule has 3 unspecified atom stereocenters. The number of carbonyl (C=O) groups is 2. The van der Waals surface area contributed by atoms with Crippen molar-refractivity contribution < 1.29 is 19.4 Å². The predicted molar refractivity (Wildman–Crippen MR) is 93.3 cm³/mol. The van der Waals surface area contributed by atoms with Gasteiger partial charge in [0.15, 0.2) is 23.5 Å². The normalized spacial score (nSPS) is 26.6. The number of amidine groups is 1. The average Bonchev–Trinajstić information content (AvgIpc) is 2.96. The van der Waals surface area contributed by atoms with E-state index in [9.17, 15) is 14.7 Å². The number of rotatable bonds is 3. The molecule has 1 fully saturated rings. The zero-order valence-electron chi connectivity index (χ0n) is 14.6. The molecule has 3 rings (SSSR count). The van der Waals surface area contributed by atoms with Gasteiger partial charge in [-0.05, 0) is 19.1 Å². The van der Waals surface area contributed by atoms with E-state index in [2.05, 4.69) is 4.99 Å². The van der Waals surface area contributed by atoms with E-state index in [1.807, 2.05) is 12.1 Å². The van der Waals surface area contributed by atoms with E-state index in [-0.39, 0.29) is 23.3 Å². The minimum Gasteiger partial charge on any atom is -0.504 e. The number of fused-ring (bicyclic) bond motifs is 1. The van der Waals surface area contributed by atoms with Gasteiger partial charge in [-0.25, -0.2) is 4.99 Å². The number of amides is 1. The second-order valence-corrected chi connectivity index (χ2v) is 6.27. The molecule has 1 N–H and O–H groups in total. The summed E-state index contributed by atoms with van der Waals surface area (Å²) in [5.41, 5.74) is 0.692. The number of para-hydroxylation sites is 1. The maximum absolute atomic E-state index is 12.5. The third kappa shape index (κ3) is 2.65. The molecule has 0 aromatic heterocycles. The average molecular weight is 343 g/mol. The van der Waals surface area contributed by atoms with E-state index in [1.54, 1.807) is 51.2 Å². The Kier molecular flexibility index (Phi) is 4.24. The largest absolute Gasteiger partial charge is 0.504 e. The van der Waals surface area contributed by atoms with E-state index in [0.717, 1.165) is 0 Å². The molecule has 25 heavy (non-hydrogen) atoms. The highest BCUT2D eigenvalue weighted by atomic mass is 16.5. The quantitative estimate of drug-likeness (QED) is 0.661. The molecule has 2 heterocycles. The molecule has 7 nitrogen and oxygen atoms in total. The number of hydrogen-bond donors (Lipinski definition) is 1. The molecule has 7 heteroatoms. The number of methoxy groups -OCH3 is 1. The van der Waals surface area contributed by atoms with E-state index in [4.69, 9.17) is 4.74 Å². The number of piperidine rings is 1. The summed E-state index contributed by atoms with van der Waals surface area (Å²) >= 11 is 0. The summed E-state index contributed by atoms with van der Waals surface area (Å²) in [5, 5.41) is 10.6. The maximum Gasteiger partial charge on any atom is 0.234 e. The first kappa shape index (κ1) is 17.0. The number of aliphatic imine (C=N–C) groups is 1. The van der Waals surface area contributed by atoms with Crippen molar-refractivity contribution in [2.75, 3.05) is 21.2 Å². The molecule has 0 aliphatic carbocycles. The SMILES string of the molecule is COc1ccccc1/C=C(\O)C1=NC2C(C(=O)C(C)C(=O)N2C)N1C. The number of likely N-dealkylation sites (tertiary alicyclic amines) is 1. The van der Waals surface area contributed by atoms with Crippen molar-refractivity contribution in [2.24, 2.45) is 10.9 Å². The number of aliphatic hydroxyl groups excluding tert-OH is 1. The smallest absolute Gasteiger partial charge is 0.234 e. The Labute approximate surface area is 146 Å². The van der Waals surface area contributed by atoms with Crippen LogP contribution in [0.4, 0.5) is 0 Å². The number of Topliss-reactive ketones (excluding diaryl/α,β-unsaturated/α-hetero) is 1. The third-order valence-electron chi connectivity index (χ3n) is 4.78. The molecule has 1 aromatic carbocycles. The van der Waals surface area contributed by atoms with Gasteiger partial charge in [0.1, 0.15) is 11.8 Å². The lowest BCUT2D eigenvalue weighted by molar-refractivity contribution is -0.149. The monoisotopic (exact) mass is 343 g/mol. The zero-order chi connectivity index (χ0) is 18.3. The number of ether oxygens (including phenoxy) is 1. The fourth-order valence-corrected chi connectivity index (χ4v) is 3.31. The van der Waals surface area contributed by atoms with E-state index < -0.39 is 18.1 Å². The van der Waals surface area contributed by atoms with Crippen molar-refractivity contribution in [3.05, 3.63) is 35.6 Å². The van der Waals surface area contributed by atoms with Gasteiger partial charge in [-0.2, -0.15) is 0 Å². The molecule has 2 aliphatic rings. The first-order valence-corrected chi connectivity index (χ1v) is 8.02. The van der Waals surface area contributed by atoms with E-state index >= 15 is 0 Å². The van der Waals surface area contributed by atoms with Gasteiger partial charge >= 0.3 is 0 Å². The predicted octanol–water partition coefficient (Wildman–Crippen LogP) is 1.31. The van der Waals surface area contributed by atoms with Gasteiger partial charge in [0.2, 0.25) is 5.91 Å². The van der Waals surface area contributed by atoms with Crippen LogP contribution < -0.4 is 4.74 Å². The molecule has 1 saturated heterocycles. The Hall–Kier alpha value is -2.83. The van der Waals surface area contributed by atoms with Gasteiger partial charge in [0.05, 0.1) is 13.0 Å². The van der Waals surface area contributed by atoms with Crippen molar-refractivity contribution in [2.45, 2.75) is 19.1 Å². The Bertz CT molecular complexity index is 786. The molecule has 0 spiro atoms. The van der Waals surface area contributed by atoms with Crippen LogP contribution in [-0.4, -0.2) is 65.8 Å². The second-order valence-electron chi connectivity index (χ2n) is 6.27. The van der Waals surface area contributed by atoms with E-state index in [1.165, 1.54) is 4.90 Å². The van der Waals surface area contributed by atoms with Crippen molar-refractivity contribution in [3.8, 4) is 5.75 Å². The highest BCUT2D eigenvalue weighted by Gasteiger charge is 2.50. The van der Waals surface area contributed by atoms with Crippen LogP contribution >= 0.6 is 0 Å². The van der Waals surface area contributed by atoms with Crippen LogP contribution in [-0.2, 0) is 9.59 Å². The molecule has 1 amide bonds. The fourth-order valence-electron chi connectivity index (χ4n) is 3.31. The number of aliphatic hydroxyl groups is 1. The van der Waals surface area contributed by atoms with Gasteiger partial charge < -0.3 is 19.6 Å². The molecular formula is C18H21N3O4. The number of benzene rings is 1. The second kappa shape index (κ2) is 6.23. The molecule has 0 radical (unpaired) electrons. The third-order valence-corrected chi connectivity index (χ3v) is 4.78. The zero-order valence-corrected chi connectivity index (χ0v) is 14.6. The fraction of sp³-hybridized carbons (Fsp3) is 0.389. The number of likely N-dealkylation sites (N-methyl/N-ethyl adjacent to an activating group) is 2. The first-order chi connectivity index (χ1) is 11.9.